The van der Waals surface area contributed by atoms with Crippen molar-refractivity contribution in [3.8, 4) is 5.88 Å². The zero-order chi connectivity index (χ0) is 11.7. The van der Waals surface area contributed by atoms with Crippen molar-refractivity contribution in [1.29, 1.82) is 0 Å². The Balaban J connectivity index is 2.61. The van der Waals surface area contributed by atoms with Gasteiger partial charge in [0.05, 0.1) is 18.0 Å². The Bertz CT molecular complexity index is 548. The van der Waals surface area contributed by atoms with Crippen molar-refractivity contribution in [2.45, 2.75) is 13.5 Å². The second kappa shape index (κ2) is 4.14. The van der Waals surface area contributed by atoms with Crippen molar-refractivity contribution in [2.75, 3.05) is 7.11 Å². The highest BCUT2D eigenvalue weighted by Crippen LogP contribution is 2.27. The molecule has 2 aromatic rings. The van der Waals surface area contributed by atoms with Crippen molar-refractivity contribution >= 4 is 28.3 Å². The Morgan fingerprint density at radius 3 is 2.94 bits per heavy atom. The highest BCUT2D eigenvalue weighted by Gasteiger charge is 2.12. The minimum Gasteiger partial charge on any atom is -0.481 e. The summed E-state index contributed by atoms with van der Waals surface area (Å²) in [4.78, 5) is 11.1. The molecule has 5 heteroatoms. The summed E-state index contributed by atoms with van der Waals surface area (Å²) in [5.41, 5.74) is 0.727. The van der Waals surface area contributed by atoms with Crippen LogP contribution in [-0.4, -0.2) is 22.7 Å². The van der Waals surface area contributed by atoms with Crippen LogP contribution in [0.25, 0.3) is 10.9 Å². The van der Waals surface area contributed by atoms with Gasteiger partial charge in [0.1, 0.15) is 6.54 Å². The smallest absolute Gasteiger partial charge is 0.220 e. The quantitative estimate of drug-likeness (QED) is 0.824. The van der Waals surface area contributed by atoms with E-state index in [4.69, 9.17) is 16.3 Å². The predicted octanol–water partition coefficient (Wildman–Crippen LogP) is 2.29. The molecule has 0 bridgehead atoms. The number of ether oxygens (including phenoxy) is 1. The molecule has 1 aromatic heterocycles. The average Bonchev–Trinajstić information content (AvgIpc) is 2.52. The average molecular weight is 239 g/mol. The molecular formula is C11H11ClN2O2. The summed E-state index contributed by atoms with van der Waals surface area (Å²) in [7, 11) is 1.56. The molecule has 0 atom stereocenters. The summed E-state index contributed by atoms with van der Waals surface area (Å²) < 4.78 is 6.79. The molecule has 1 heterocycles. The number of rotatable bonds is 3. The number of aromatic nitrogens is 2. The van der Waals surface area contributed by atoms with Crippen LogP contribution >= 0.6 is 11.6 Å². The Morgan fingerprint density at radius 1 is 1.56 bits per heavy atom. The third-order valence-corrected chi connectivity index (χ3v) is 2.45. The highest BCUT2D eigenvalue weighted by atomic mass is 35.5. The number of fused-ring (bicyclic) bond motifs is 1. The Kier molecular flexibility index (Phi) is 2.83. The first-order valence-electron chi connectivity index (χ1n) is 4.81. The molecule has 0 saturated heterocycles. The summed E-state index contributed by atoms with van der Waals surface area (Å²) in [6.45, 7) is 1.72. The molecule has 16 heavy (non-hydrogen) atoms. The fraction of sp³-hybridized carbons (Fsp3) is 0.273. The monoisotopic (exact) mass is 238 g/mol. The van der Waals surface area contributed by atoms with Gasteiger partial charge in [-0.05, 0) is 25.1 Å². The van der Waals surface area contributed by atoms with E-state index in [1.165, 1.54) is 6.92 Å². The van der Waals surface area contributed by atoms with Gasteiger partial charge in [-0.2, -0.15) is 5.10 Å². The summed E-state index contributed by atoms with van der Waals surface area (Å²) in [5.74, 6) is 0.610. The first-order valence-corrected chi connectivity index (χ1v) is 5.19. The zero-order valence-electron chi connectivity index (χ0n) is 9.03. The maximum atomic E-state index is 11.1. The molecule has 0 aliphatic carbocycles. The van der Waals surface area contributed by atoms with Gasteiger partial charge in [-0.15, -0.1) is 0 Å². The molecule has 0 aliphatic heterocycles. The molecular weight excluding hydrogens is 228 g/mol. The molecule has 4 nitrogen and oxygen atoms in total. The number of carbonyl (C=O) groups is 1. The lowest BCUT2D eigenvalue weighted by Gasteiger charge is -2.03. The van der Waals surface area contributed by atoms with E-state index in [1.807, 2.05) is 6.07 Å². The lowest BCUT2D eigenvalue weighted by atomic mass is 10.2. The standard InChI is InChI=1S/C11H11ClN2O2/c1-7(15)6-14-11(16-2)9-4-3-8(12)5-10(9)13-14/h3-5H,6H2,1-2H3. The summed E-state index contributed by atoms with van der Waals surface area (Å²) in [5, 5.41) is 5.74. The van der Waals surface area contributed by atoms with E-state index in [2.05, 4.69) is 5.10 Å². The van der Waals surface area contributed by atoms with Gasteiger partial charge in [-0.1, -0.05) is 11.6 Å². The van der Waals surface area contributed by atoms with E-state index in [1.54, 1.807) is 23.9 Å². The second-order valence-corrected chi connectivity index (χ2v) is 3.97. The van der Waals surface area contributed by atoms with Crippen molar-refractivity contribution in [3.63, 3.8) is 0 Å². The predicted molar refractivity (Wildman–Crippen MR) is 62.0 cm³/mol. The fourth-order valence-corrected chi connectivity index (χ4v) is 1.78. The molecule has 0 spiro atoms. The minimum absolute atomic E-state index is 0.0252. The van der Waals surface area contributed by atoms with E-state index in [9.17, 15) is 4.79 Å². The van der Waals surface area contributed by atoms with E-state index in [0.717, 1.165) is 10.9 Å². The molecule has 0 aliphatic rings. The van der Waals surface area contributed by atoms with Gasteiger partial charge in [0.2, 0.25) is 5.88 Å². The third kappa shape index (κ3) is 1.88. The van der Waals surface area contributed by atoms with Gasteiger partial charge < -0.3 is 4.74 Å². The molecule has 0 saturated carbocycles. The van der Waals surface area contributed by atoms with Crippen LogP contribution in [0.4, 0.5) is 0 Å². The van der Waals surface area contributed by atoms with Crippen LogP contribution in [-0.2, 0) is 11.3 Å². The molecule has 0 N–H and O–H groups in total. The molecule has 0 fully saturated rings. The van der Waals surface area contributed by atoms with Crippen LogP contribution in [0.5, 0.6) is 5.88 Å². The van der Waals surface area contributed by atoms with Crippen molar-refractivity contribution < 1.29 is 9.53 Å². The van der Waals surface area contributed by atoms with E-state index < -0.39 is 0 Å². The second-order valence-electron chi connectivity index (χ2n) is 3.53. The SMILES string of the molecule is COc1c2ccc(Cl)cc2nn1CC(C)=O. The number of benzene rings is 1. The van der Waals surface area contributed by atoms with E-state index in [0.29, 0.717) is 10.9 Å². The fourth-order valence-electron chi connectivity index (χ4n) is 1.62. The summed E-state index contributed by atoms with van der Waals surface area (Å²) in [6.07, 6.45) is 0. The Labute approximate surface area is 97.8 Å². The first-order chi connectivity index (χ1) is 7.61. The number of hydrogen-bond acceptors (Lipinski definition) is 3. The van der Waals surface area contributed by atoms with Gasteiger partial charge >= 0.3 is 0 Å². The highest BCUT2D eigenvalue weighted by molar-refractivity contribution is 6.31. The van der Waals surface area contributed by atoms with Crippen LogP contribution in [0.3, 0.4) is 0 Å². The van der Waals surface area contributed by atoms with Crippen LogP contribution in [0.15, 0.2) is 18.2 Å². The van der Waals surface area contributed by atoms with Crippen LogP contribution in [0, 0.1) is 0 Å². The first kappa shape index (κ1) is 11.0. The number of Topliss-reactive ketones (excluding diaryl/α,β-unsaturated/α-hetero) is 1. The maximum absolute atomic E-state index is 11.1. The van der Waals surface area contributed by atoms with Crippen LogP contribution in [0.2, 0.25) is 5.02 Å². The number of hydrogen-bond donors (Lipinski definition) is 0. The van der Waals surface area contributed by atoms with Gasteiger partial charge in [-0.3, -0.25) is 4.79 Å². The third-order valence-electron chi connectivity index (χ3n) is 2.22. The Morgan fingerprint density at radius 2 is 2.31 bits per heavy atom. The minimum atomic E-state index is 0.0252. The van der Waals surface area contributed by atoms with E-state index >= 15 is 0 Å². The number of ketones is 1. The normalized spacial score (nSPS) is 10.7. The lowest BCUT2D eigenvalue weighted by Crippen LogP contribution is -2.09. The topological polar surface area (TPSA) is 44.1 Å². The maximum Gasteiger partial charge on any atom is 0.220 e. The lowest BCUT2D eigenvalue weighted by molar-refractivity contribution is -0.117. The number of carbonyl (C=O) groups excluding carboxylic acids is 1. The molecule has 2 rings (SSSR count). The molecule has 0 amide bonds. The van der Waals surface area contributed by atoms with Crippen LogP contribution < -0.4 is 4.74 Å². The zero-order valence-corrected chi connectivity index (χ0v) is 9.78. The molecule has 1 aromatic carbocycles. The summed E-state index contributed by atoms with van der Waals surface area (Å²) in [6, 6.07) is 5.35. The van der Waals surface area contributed by atoms with Crippen LogP contribution in [0.1, 0.15) is 6.92 Å². The molecule has 84 valence electrons. The number of methoxy groups -OCH3 is 1. The van der Waals surface area contributed by atoms with Gasteiger partial charge in [0.25, 0.3) is 0 Å². The Hall–Kier alpha value is -1.55. The molecule has 0 unspecified atom stereocenters. The van der Waals surface area contributed by atoms with Gasteiger partial charge in [0.15, 0.2) is 5.78 Å². The summed E-state index contributed by atoms with van der Waals surface area (Å²) >= 11 is 5.87. The molecule has 0 radical (unpaired) electrons. The number of halogens is 1. The van der Waals surface area contributed by atoms with Crippen molar-refractivity contribution in [1.82, 2.24) is 9.78 Å². The van der Waals surface area contributed by atoms with Crippen molar-refractivity contribution in [3.05, 3.63) is 23.2 Å². The van der Waals surface area contributed by atoms with Gasteiger partial charge in [-0.25, -0.2) is 4.68 Å². The van der Waals surface area contributed by atoms with Gasteiger partial charge in [0, 0.05) is 5.02 Å². The largest absolute Gasteiger partial charge is 0.481 e. The van der Waals surface area contributed by atoms with Crippen molar-refractivity contribution in [2.24, 2.45) is 0 Å². The number of nitrogens with zero attached hydrogens (tertiary/aromatic N) is 2. The van der Waals surface area contributed by atoms with E-state index in [-0.39, 0.29) is 12.3 Å².